The molecule has 26 heavy (non-hydrogen) atoms. The molecule has 1 saturated heterocycles. The Balaban J connectivity index is 1.50. The van der Waals surface area contributed by atoms with Gasteiger partial charge in [-0.3, -0.25) is 9.69 Å². The zero-order valence-electron chi connectivity index (χ0n) is 14.8. The Morgan fingerprint density at radius 2 is 2.19 bits per heavy atom. The zero-order chi connectivity index (χ0) is 17.9. The van der Waals surface area contributed by atoms with Crippen LogP contribution in [0.25, 0.3) is 5.65 Å². The van der Waals surface area contributed by atoms with Gasteiger partial charge in [0.05, 0.1) is 5.56 Å². The Morgan fingerprint density at radius 3 is 3.08 bits per heavy atom. The molecule has 7 nitrogen and oxygen atoms in total. The number of likely N-dealkylation sites (tertiary alicyclic amines) is 1. The van der Waals surface area contributed by atoms with E-state index in [2.05, 4.69) is 38.7 Å². The van der Waals surface area contributed by atoms with Crippen molar-refractivity contribution < 1.29 is 4.79 Å². The third-order valence-electron chi connectivity index (χ3n) is 4.98. The SMILES string of the molecule is C[C@H]1CCCCN1Cc1cccc(NC(=O)c2cccn3nnnc23)c1. The predicted octanol–water partition coefficient (Wildman–Crippen LogP) is 2.75. The fraction of sp³-hybridized carbons (Fsp3) is 0.368. The van der Waals surface area contributed by atoms with Gasteiger partial charge in [0.25, 0.3) is 5.91 Å². The van der Waals surface area contributed by atoms with Crippen molar-refractivity contribution in [3.63, 3.8) is 0 Å². The Morgan fingerprint density at radius 1 is 1.27 bits per heavy atom. The van der Waals surface area contributed by atoms with E-state index in [0.717, 1.165) is 18.8 Å². The average molecular weight is 350 g/mol. The van der Waals surface area contributed by atoms with Crippen LogP contribution >= 0.6 is 0 Å². The van der Waals surface area contributed by atoms with E-state index < -0.39 is 0 Å². The number of tetrazole rings is 1. The molecule has 4 rings (SSSR count). The van der Waals surface area contributed by atoms with Crippen LogP contribution in [0.5, 0.6) is 0 Å². The average Bonchev–Trinajstić information content (AvgIpc) is 3.12. The number of pyridine rings is 1. The van der Waals surface area contributed by atoms with Gasteiger partial charge in [0.2, 0.25) is 0 Å². The summed E-state index contributed by atoms with van der Waals surface area (Å²) in [5, 5.41) is 14.3. The molecular formula is C19H22N6O. The highest BCUT2D eigenvalue weighted by molar-refractivity contribution is 6.08. The molecule has 1 aromatic carbocycles. The molecule has 2 aromatic heterocycles. The summed E-state index contributed by atoms with van der Waals surface area (Å²) >= 11 is 0. The van der Waals surface area contributed by atoms with Gasteiger partial charge in [-0.25, -0.2) is 0 Å². The van der Waals surface area contributed by atoms with E-state index in [1.165, 1.54) is 29.3 Å². The van der Waals surface area contributed by atoms with Gasteiger partial charge in [0, 0.05) is 24.5 Å². The van der Waals surface area contributed by atoms with E-state index in [-0.39, 0.29) is 5.91 Å². The molecule has 1 aliphatic heterocycles. The third kappa shape index (κ3) is 3.43. The molecule has 3 heterocycles. The van der Waals surface area contributed by atoms with Crippen molar-refractivity contribution in [2.75, 3.05) is 11.9 Å². The molecule has 3 aromatic rings. The lowest BCUT2D eigenvalue weighted by Crippen LogP contribution is -2.36. The Bertz CT molecular complexity index is 921. The maximum atomic E-state index is 12.6. The molecule has 1 N–H and O–H groups in total. The number of amides is 1. The number of anilines is 1. The van der Waals surface area contributed by atoms with Gasteiger partial charge in [-0.2, -0.15) is 4.52 Å². The summed E-state index contributed by atoms with van der Waals surface area (Å²) in [6.45, 7) is 4.34. The van der Waals surface area contributed by atoms with Crippen LogP contribution in [0.4, 0.5) is 5.69 Å². The number of rotatable bonds is 4. The van der Waals surface area contributed by atoms with Crippen molar-refractivity contribution in [2.24, 2.45) is 0 Å². The molecule has 1 aliphatic rings. The van der Waals surface area contributed by atoms with Gasteiger partial charge >= 0.3 is 0 Å². The maximum absolute atomic E-state index is 12.6. The second-order valence-corrected chi connectivity index (χ2v) is 6.84. The maximum Gasteiger partial charge on any atom is 0.259 e. The monoisotopic (exact) mass is 350 g/mol. The largest absolute Gasteiger partial charge is 0.322 e. The predicted molar refractivity (Wildman–Crippen MR) is 98.9 cm³/mol. The fourth-order valence-electron chi connectivity index (χ4n) is 3.52. The van der Waals surface area contributed by atoms with E-state index in [1.54, 1.807) is 18.3 Å². The molecule has 0 radical (unpaired) electrons. The first-order valence-corrected chi connectivity index (χ1v) is 9.02. The summed E-state index contributed by atoms with van der Waals surface area (Å²) in [7, 11) is 0. The molecule has 1 atom stereocenters. The van der Waals surface area contributed by atoms with Crippen molar-refractivity contribution in [1.82, 2.24) is 24.9 Å². The second kappa shape index (κ2) is 7.21. The topological polar surface area (TPSA) is 75.4 Å². The molecule has 0 unspecified atom stereocenters. The highest BCUT2D eigenvalue weighted by Crippen LogP contribution is 2.21. The highest BCUT2D eigenvalue weighted by atomic mass is 16.1. The van der Waals surface area contributed by atoms with Crippen LogP contribution in [-0.4, -0.2) is 43.4 Å². The standard InChI is InChI=1S/C19H22N6O/c1-14-6-2-3-10-24(14)13-15-7-4-8-16(12-15)20-19(26)17-9-5-11-25-18(17)21-22-23-25/h4-5,7-9,11-12,14H,2-3,6,10,13H2,1H3,(H,20,26)/t14-/m0/s1. The van der Waals surface area contributed by atoms with Crippen LogP contribution < -0.4 is 5.32 Å². The van der Waals surface area contributed by atoms with Crippen LogP contribution in [0.2, 0.25) is 0 Å². The zero-order valence-corrected chi connectivity index (χ0v) is 14.8. The molecule has 0 spiro atoms. The van der Waals surface area contributed by atoms with E-state index in [4.69, 9.17) is 0 Å². The molecule has 1 amide bonds. The van der Waals surface area contributed by atoms with Crippen molar-refractivity contribution in [2.45, 2.75) is 38.8 Å². The van der Waals surface area contributed by atoms with Gasteiger partial charge < -0.3 is 5.32 Å². The number of nitrogens with one attached hydrogen (secondary N) is 1. The molecule has 1 fully saturated rings. The van der Waals surface area contributed by atoms with Gasteiger partial charge in [-0.15, -0.1) is 5.10 Å². The Labute approximate surface area is 152 Å². The molecular weight excluding hydrogens is 328 g/mol. The van der Waals surface area contributed by atoms with E-state index >= 15 is 0 Å². The van der Waals surface area contributed by atoms with E-state index in [9.17, 15) is 4.79 Å². The minimum atomic E-state index is -0.214. The van der Waals surface area contributed by atoms with E-state index in [1.807, 2.05) is 18.2 Å². The first-order valence-electron chi connectivity index (χ1n) is 9.02. The Hall–Kier alpha value is -2.80. The molecule has 0 aliphatic carbocycles. The molecule has 134 valence electrons. The van der Waals surface area contributed by atoms with Crippen LogP contribution in [0.15, 0.2) is 42.6 Å². The third-order valence-corrected chi connectivity index (χ3v) is 4.98. The van der Waals surface area contributed by atoms with Gasteiger partial charge in [-0.05, 0) is 66.6 Å². The number of aromatic nitrogens is 4. The summed E-state index contributed by atoms with van der Waals surface area (Å²) < 4.78 is 1.49. The van der Waals surface area contributed by atoms with Crippen molar-refractivity contribution in [1.29, 1.82) is 0 Å². The molecule has 0 saturated carbocycles. The van der Waals surface area contributed by atoms with Crippen LogP contribution in [0, 0.1) is 0 Å². The summed E-state index contributed by atoms with van der Waals surface area (Å²) in [6, 6.07) is 12.1. The van der Waals surface area contributed by atoms with Crippen LogP contribution in [0.1, 0.15) is 42.1 Å². The van der Waals surface area contributed by atoms with Crippen molar-refractivity contribution in [3.05, 3.63) is 53.7 Å². The number of hydrogen-bond acceptors (Lipinski definition) is 5. The fourth-order valence-corrected chi connectivity index (χ4v) is 3.52. The number of benzene rings is 1. The normalized spacial score (nSPS) is 18.1. The van der Waals surface area contributed by atoms with Crippen LogP contribution in [-0.2, 0) is 6.54 Å². The van der Waals surface area contributed by atoms with Gasteiger partial charge in [-0.1, -0.05) is 18.6 Å². The molecule has 0 bridgehead atoms. The van der Waals surface area contributed by atoms with Gasteiger partial charge in [0.1, 0.15) is 0 Å². The van der Waals surface area contributed by atoms with Crippen LogP contribution in [0.3, 0.4) is 0 Å². The number of carbonyl (C=O) groups is 1. The number of carbonyl (C=O) groups excluding carboxylic acids is 1. The second-order valence-electron chi connectivity index (χ2n) is 6.84. The summed E-state index contributed by atoms with van der Waals surface area (Å²) in [4.78, 5) is 15.2. The summed E-state index contributed by atoms with van der Waals surface area (Å²) in [6.07, 6.45) is 5.55. The van der Waals surface area contributed by atoms with Crippen molar-refractivity contribution >= 4 is 17.2 Å². The van der Waals surface area contributed by atoms with Crippen molar-refractivity contribution in [3.8, 4) is 0 Å². The lowest BCUT2D eigenvalue weighted by atomic mass is 10.0. The first-order chi connectivity index (χ1) is 12.7. The highest BCUT2D eigenvalue weighted by Gasteiger charge is 2.18. The smallest absolute Gasteiger partial charge is 0.259 e. The molecule has 7 heteroatoms. The van der Waals surface area contributed by atoms with Gasteiger partial charge in [0.15, 0.2) is 5.65 Å². The lowest BCUT2D eigenvalue weighted by molar-refractivity contribution is 0.102. The number of hydrogen-bond donors (Lipinski definition) is 1. The minimum absolute atomic E-state index is 0.214. The number of piperidine rings is 1. The van der Waals surface area contributed by atoms with E-state index in [0.29, 0.717) is 17.3 Å². The first kappa shape index (κ1) is 16.7. The Kier molecular flexibility index (Phi) is 4.62. The minimum Gasteiger partial charge on any atom is -0.322 e. The quantitative estimate of drug-likeness (QED) is 0.783. The summed E-state index contributed by atoms with van der Waals surface area (Å²) in [5.41, 5.74) is 2.89. The number of nitrogens with zero attached hydrogens (tertiary/aromatic N) is 5. The summed E-state index contributed by atoms with van der Waals surface area (Å²) in [5.74, 6) is -0.214. The lowest BCUT2D eigenvalue weighted by Gasteiger charge is -2.33. The number of fused-ring (bicyclic) bond motifs is 1.